The van der Waals surface area contributed by atoms with Gasteiger partial charge in [-0.05, 0) is 71.1 Å². The lowest BCUT2D eigenvalue weighted by Gasteiger charge is -2.20. The van der Waals surface area contributed by atoms with Crippen LogP contribution in [0.3, 0.4) is 0 Å². The lowest BCUT2D eigenvalue weighted by Crippen LogP contribution is -2.23. The van der Waals surface area contributed by atoms with Gasteiger partial charge in [0.25, 0.3) is 5.91 Å². The number of nitrogens with two attached hydrogens (primary N) is 1. The van der Waals surface area contributed by atoms with E-state index < -0.39 is 43.6 Å². The van der Waals surface area contributed by atoms with E-state index in [1.165, 1.54) is 74.4 Å². The first-order valence-corrected chi connectivity index (χ1v) is 13.2. The molecule has 0 saturated heterocycles. The molecule has 0 atom stereocenters. The standard InChI is InChI=1S/C28H24F3N3O5S/c1-16-12-19(14-23(27(35)34-36)26(16)40(37,38)21-8-6-20(39-2)7-9-21)22-10-5-18(13-17-4-3-11-33-15-17)25(32)24(22)28(29,30)31/h3-12,14-15,36H,13,32H2,1-2H3,(H,34,35). The van der Waals surface area contributed by atoms with Crippen LogP contribution in [0.1, 0.15) is 32.6 Å². The number of amides is 1. The monoisotopic (exact) mass is 571 g/mol. The summed E-state index contributed by atoms with van der Waals surface area (Å²) in [5, 5.41) is 9.36. The number of sulfone groups is 1. The number of carbonyl (C=O) groups excluding carboxylic acids is 1. The third-order valence-corrected chi connectivity index (χ3v) is 8.28. The topological polar surface area (TPSA) is 132 Å². The van der Waals surface area contributed by atoms with Crippen LogP contribution in [-0.2, 0) is 22.4 Å². The maximum Gasteiger partial charge on any atom is 0.418 e. The van der Waals surface area contributed by atoms with Gasteiger partial charge in [-0.3, -0.25) is 15.0 Å². The molecule has 3 aromatic carbocycles. The third kappa shape index (κ3) is 5.49. The first-order valence-electron chi connectivity index (χ1n) is 11.7. The number of aryl methyl sites for hydroxylation is 1. The molecule has 12 heteroatoms. The van der Waals surface area contributed by atoms with Gasteiger partial charge < -0.3 is 10.5 Å². The summed E-state index contributed by atoms with van der Waals surface area (Å²) < 4.78 is 75.2. The summed E-state index contributed by atoms with van der Waals surface area (Å²) in [6.45, 7) is 1.35. The fourth-order valence-corrected chi connectivity index (χ4v) is 6.13. The van der Waals surface area contributed by atoms with Gasteiger partial charge in [0, 0.05) is 24.5 Å². The Hall–Kier alpha value is -4.42. The number of nitrogen functional groups attached to an aromatic ring is 1. The second-order valence-electron chi connectivity index (χ2n) is 8.89. The lowest BCUT2D eigenvalue weighted by atomic mass is 9.91. The highest BCUT2D eigenvalue weighted by Gasteiger charge is 2.38. The van der Waals surface area contributed by atoms with Crippen molar-refractivity contribution in [3.05, 3.63) is 101 Å². The first kappa shape index (κ1) is 28.6. The van der Waals surface area contributed by atoms with Gasteiger partial charge in [-0.15, -0.1) is 0 Å². The van der Waals surface area contributed by atoms with Gasteiger partial charge in [0.1, 0.15) is 5.75 Å². The van der Waals surface area contributed by atoms with E-state index in [4.69, 9.17) is 10.5 Å². The molecule has 4 aromatic rings. The van der Waals surface area contributed by atoms with Crippen molar-refractivity contribution in [2.75, 3.05) is 12.8 Å². The average Bonchev–Trinajstić information content (AvgIpc) is 2.92. The fraction of sp³-hybridized carbons (Fsp3) is 0.143. The Morgan fingerprint density at radius 2 is 1.80 bits per heavy atom. The highest BCUT2D eigenvalue weighted by molar-refractivity contribution is 7.91. The largest absolute Gasteiger partial charge is 0.497 e. The summed E-state index contributed by atoms with van der Waals surface area (Å²) in [6.07, 6.45) is -1.73. The van der Waals surface area contributed by atoms with Gasteiger partial charge in [0.15, 0.2) is 0 Å². The SMILES string of the molecule is COc1ccc(S(=O)(=O)c2c(C)cc(-c3ccc(Cc4cccnc4)c(N)c3C(F)(F)F)cc2C(=O)NO)cc1. The van der Waals surface area contributed by atoms with Crippen LogP contribution >= 0.6 is 0 Å². The van der Waals surface area contributed by atoms with E-state index in [0.717, 1.165) is 6.07 Å². The molecule has 8 nitrogen and oxygen atoms in total. The van der Waals surface area contributed by atoms with Crippen molar-refractivity contribution in [3.8, 4) is 16.9 Å². The highest BCUT2D eigenvalue weighted by Crippen LogP contribution is 2.44. The van der Waals surface area contributed by atoms with Crippen molar-refractivity contribution in [1.29, 1.82) is 0 Å². The molecule has 0 aliphatic rings. The number of alkyl halides is 3. The Balaban J connectivity index is 1.92. The Labute approximate surface area is 228 Å². The van der Waals surface area contributed by atoms with E-state index in [1.807, 2.05) is 0 Å². The Morgan fingerprint density at radius 3 is 2.38 bits per heavy atom. The maximum atomic E-state index is 14.4. The van der Waals surface area contributed by atoms with Crippen molar-refractivity contribution in [2.45, 2.75) is 29.3 Å². The van der Waals surface area contributed by atoms with Crippen LogP contribution in [0.4, 0.5) is 18.9 Å². The van der Waals surface area contributed by atoms with Gasteiger partial charge >= 0.3 is 6.18 Å². The van der Waals surface area contributed by atoms with Gasteiger partial charge in [-0.2, -0.15) is 13.2 Å². The van der Waals surface area contributed by atoms with E-state index >= 15 is 0 Å². The first-order chi connectivity index (χ1) is 18.9. The van der Waals surface area contributed by atoms with Crippen LogP contribution in [0.25, 0.3) is 11.1 Å². The van der Waals surface area contributed by atoms with E-state index in [-0.39, 0.29) is 33.6 Å². The number of rotatable bonds is 7. The molecule has 1 heterocycles. The number of anilines is 1. The molecular formula is C28H24F3N3O5S. The number of benzene rings is 3. The Kier molecular flexibility index (Phi) is 7.85. The van der Waals surface area contributed by atoms with Gasteiger partial charge in [-0.1, -0.05) is 24.3 Å². The zero-order valence-electron chi connectivity index (χ0n) is 21.3. The van der Waals surface area contributed by atoms with Crippen molar-refractivity contribution in [2.24, 2.45) is 0 Å². The summed E-state index contributed by atoms with van der Waals surface area (Å²) in [7, 11) is -2.94. The normalized spacial score (nSPS) is 11.8. The Morgan fingerprint density at radius 1 is 1.10 bits per heavy atom. The number of hydrogen-bond donors (Lipinski definition) is 3. The molecule has 1 amide bonds. The number of carbonyl (C=O) groups is 1. The van der Waals surface area contributed by atoms with Crippen LogP contribution in [0, 0.1) is 6.92 Å². The van der Waals surface area contributed by atoms with Gasteiger partial charge in [0.2, 0.25) is 9.84 Å². The number of nitrogens with one attached hydrogen (secondary N) is 1. The number of halogens is 3. The van der Waals surface area contributed by atoms with E-state index in [2.05, 4.69) is 4.98 Å². The van der Waals surface area contributed by atoms with Gasteiger partial charge in [-0.25, -0.2) is 13.9 Å². The number of aromatic nitrogens is 1. The molecule has 0 unspecified atom stereocenters. The van der Waals surface area contributed by atoms with Crippen molar-refractivity contribution < 1.29 is 36.3 Å². The number of methoxy groups -OCH3 is 1. The van der Waals surface area contributed by atoms with Crippen LogP contribution in [0.15, 0.2) is 82.8 Å². The summed E-state index contributed by atoms with van der Waals surface area (Å²) in [6, 6.07) is 13.6. The zero-order valence-corrected chi connectivity index (χ0v) is 22.1. The summed E-state index contributed by atoms with van der Waals surface area (Å²) in [5.74, 6) is -0.824. The zero-order chi connectivity index (χ0) is 29.2. The second-order valence-corrected chi connectivity index (χ2v) is 10.8. The van der Waals surface area contributed by atoms with Crippen LogP contribution in [-0.4, -0.2) is 31.6 Å². The number of pyridine rings is 1. The van der Waals surface area contributed by atoms with Crippen LogP contribution in [0.5, 0.6) is 5.75 Å². The molecule has 4 N–H and O–H groups in total. The molecular weight excluding hydrogens is 547 g/mol. The third-order valence-electron chi connectivity index (χ3n) is 6.31. The molecule has 0 radical (unpaired) electrons. The summed E-state index contributed by atoms with van der Waals surface area (Å²) >= 11 is 0. The summed E-state index contributed by atoms with van der Waals surface area (Å²) in [4.78, 5) is 16.0. The predicted octanol–water partition coefficient (Wildman–Crippen LogP) is 5.21. The van der Waals surface area contributed by atoms with Crippen molar-refractivity contribution in [3.63, 3.8) is 0 Å². The molecule has 208 valence electrons. The summed E-state index contributed by atoms with van der Waals surface area (Å²) in [5.41, 5.74) is 5.64. The molecule has 1 aromatic heterocycles. The minimum absolute atomic E-state index is 0.0157. The molecule has 40 heavy (non-hydrogen) atoms. The molecule has 0 aliphatic heterocycles. The van der Waals surface area contributed by atoms with Gasteiger partial charge in [0.05, 0.1) is 28.0 Å². The predicted molar refractivity (Wildman–Crippen MR) is 141 cm³/mol. The number of ether oxygens (including phenoxy) is 1. The smallest absolute Gasteiger partial charge is 0.418 e. The minimum Gasteiger partial charge on any atom is -0.497 e. The highest BCUT2D eigenvalue weighted by atomic mass is 32.2. The minimum atomic E-state index is -4.88. The quantitative estimate of drug-likeness (QED) is 0.158. The number of hydroxylamine groups is 1. The van der Waals surface area contributed by atoms with Crippen molar-refractivity contribution in [1.82, 2.24) is 10.5 Å². The number of nitrogens with zero attached hydrogens (tertiary/aromatic N) is 1. The van der Waals surface area contributed by atoms with E-state index in [1.54, 1.807) is 12.1 Å². The molecule has 0 spiro atoms. The Bertz CT molecular complexity index is 1670. The fourth-order valence-electron chi connectivity index (χ4n) is 4.47. The lowest BCUT2D eigenvalue weighted by molar-refractivity contribution is -0.136. The average molecular weight is 572 g/mol. The molecule has 0 bridgehead atoms. The van der Waals surface area contributed by atoms with Crippen molar-refractivity contribution >= 4 is 21.4 Å². The van der Waals surface area contributed by atoms with Crippen LogP contribution < -0.4 is 16.0 Å². The molecule has 0 saturated carbocycles. The second kappa shape index (κ2) is 11.0. The van der Waals surface area contributed by atoms with E-state index in [9.17, 15) is 31.6 Å². The molecule has 4 rings (SSSR count). The number of hydrogen-bond acceptors (Lipinski definition) is 7. The van der Waals surface area contributed by atoms with Crippen LogP contribution in [0.2, 0.25) is 0 Å². The van der Waals surface area contributed by atoms with E-state index in [0.29, 0.717) is 11.3 Å². The molecule has 0 aliphatic carbocycles. The molecule has 0 fully saturated rings. The maximum absolute atomic E-state index is 14.4.